The van der Waals surface area contributed by atoms with Gasteiger partial charge in [-0.2, -0.15) is 0 Å². The molecule has 3 aromatic carbocycles. The molecule has 0 unspecified atom stereocenters. The van der Waals surface area contributed by atoms with Crippen molar-refractivity contribution < 1.29 is 24.3 Å². The van der Waals surface area contributed by atoms with Gasteiger partial charge in [0.05, 0.1) is 11.6 Å². The van der Waals surface area contributed by atoms with Crippen molar-refractivity contribution in [2.45, 2.75) is 25.4 Å². The number of nitrogens with zero attached hydrogens (tertiary/aromatic N) is 2. The molecule has 2 amide bonds. The molecule has 0 fully saturated rings. The smallest absolute Gasteiger partial charge is 0.336 e. The van der Waals surface area contributed by atoms with Crippen molar-refractivity contribution in [1.82, 2.24) is 15.2 Å². The molecule has 206 valence electrons. The fourth-order valence-corrected chi connectivity index (χ4v) is 5.29. The Bertz CT molecular complexity index is 1670. The van der Waals surface area contributed by atoms with E-state index in [1.54, 1.807) is 66.9 Å². The molecule has 4 aromatic rings. The van der Waals surface area contributed by atoms with E-state index in [9.17, 15) is 24.3 Å². The minimum Gasteiger partial charge on any atom is -0.478 e. The first kappa shape index (κ1) is 27.7. The van der Waals surface area contributed by atoms with Gasteiger partial charge in [-0.3, -0.25) is 19.4 Å². The number of fused-ring (bicyclic) bond motifs is 1. The SMILES string of the molecule is CNC(=O)c1cccc(-c2cc(CN3C(=O)c4ccc(Cl)cc4CC(=O)[C@H]3Cc3ccccn3)ccc2C(=O)O)c1. The van der Waals surface area contributed by atoms with Crippen LogP contribution < -0.4 is 5.32 Å². The van der Waals surface area contributed by atoms with Gasteiger partial charge in [0.1, 0.15) is 0 Å². The van der Waals surface area contributed by atoms with Crippen molar-refractivity contribution in [3.8, 4) is 11.1 Å². The van der Waals surface area contributed by atoms with Gasteiger partial charge in [-0.1, -0.05) is 35.9 Å². The second kappa shape index (κ2) is 11.7. The van der Waals surface area contributed by atoms with E-state index < -0.39 is 12.0 Å². The maximum absolute atomic E-state index is 14.0. The summed E-state index contributed by atoms with van der Waals surface area (Å²) in [7, 11) is 1.52. The second-order valence-electron chi connectivity index (χ2n) is 9.76. The number of rotatable bonds is 7. The number of carboxylic acids is 1. The Hall–Kier alpha value is -4.82. The summed E-state index contributed by atoms with van der Waals surface area (Å²) in [4.78, 5) is 57.8. The number of carbonyl (C=O) groups excluding carboxylic acids is 3. The van der Waals surface area contributed by atoms with Crippen LogP contribution in [0, 0.1) is 0 Å². The number of carbonyl (C=O) groups is 4. The predicted octanol–water partition coefficient (Wildman–Crippen LogP) is 4.84. The van der Waals surface area contributed by atoms with Gasteiger partial charge in [-0.05, 0) is 76.9 Å². The van der Waals surface area contributed by atoms with Crippen molar-refractivity contribution in [3.05, 3.63) is 124 Å². The van der Waals surface area contributed by atoms with E-state index in [4.69, 9.17) is 11.6 Å². The van der Waals surface area contributed by atoms with E-state index in [2.05, 4.69) is 10.3 Å². The van der Waals surface area contributed by atoms with Crippen LogP contribution in [-0.2, 0) is 24.2 Å². The Morgan fingerprint density at radius 3 is 2.56 bits per heavy atom. The van der Waals surface area contributed by atoms with Gasteiger partial charge in [-0.15, -0.1) is 0 Å². The number of nitrogens with one attached hydrogen (secondary N) is 1. The molecule has 0 bridgehead atoms. The highest BCUT2D eigenvalue weighted by Gasteiger charge is 2.36. The molecule has 1 aliphatic rings. The summed E-state index contributed by atoms with van der Waals surface area (Å²) in [5.74, 6) is -1.90. The third-order valence-electron chi connectivity index (χ3n) is 7.13. The number of carboxylic acid groups (broad SMARTS) is 1. The van der Waals surface area contributed by atoms with Gasteiger partial charge in [-0.25, -0.2) is 4.79 Å². The van der Waals surface area contributed by atoms with Crippen LogP contribution in [0.15, 0.2) is 85.1 Å². The number of amides is 2. The third-order valence-corrected chi connectivity index (χ3v) is 7.36. The summed E-state index contributed by atoms with van der Waals surface area (Å²) in [6, 6.07) is 21.0. The summed E-state index contributed by atoms with van der Waals surface area (Å²) >= 11 is 6.19. The van der Waals surface area contributed by atoms with E-state index in [-0.39, 0.29) is 42.5 Å². The molecule has 1 aliphatic heterocycles. The lowest BCUT2D eigenvalue weighted by atomic mass is 9.95. The van der Waals surface area contributed by atoms with Crippen LogP contribution in [0.5, 0.6) is 0 Å². The molecule has 8 nitrogen and oxygen atoms in total. The highest BCUT2D eigenvalue weighted by molar-refractivity contribution is 6.30. The fraction of sp³-hybridized carbons (Fsp3) is 0.156. The van der Waals surface area contributed by atoms with E-state index in [1.165, 1.54) is 18.0 Å². The highest BCUT2D eigenvalue weighted by atomic mass is 35.5. The number of Topliss-reactive ketones (excluding diaryl/α,β-unsaturated/α-hetero) is 1. The van der Waals surface area contributed by atoms with Crippen LogP contribution in [0.25, 0.3) is 11.1 Å². The summed E-state index contributed by atoms with van der Waals surface area (Å²) < 4.78 is 0. The van der Waals surface area contributed by atoms with Crippen LogP contribution in [0.3, 0.4) is 0 Å². The lowest BCUT2D eigenvalue weighted by Crippen LogP contribution is -2.45. The highest BCUT2D eigenvalue weighted by Crippen LogP contribution is 2.30. The van der Waals surface area contributed by atoms with Crippen molar-refractivity contribution in [2.24, 2.45) is 0 Å². The third kappa shape index (κ3) is 5.88. The topological polar surface area (TPSA) is 117 Å². The Morgan fingerprint density at radius 1 is 1.00 bits per heavy atom. The summed E-state index contributed by atoms with van der Waals surface area (Å²) in [6.45, 7) is 0.0478. The summed E-state index contributed by atoms with van der Waals surface area (Å²) in [5.41, 5.74) is 3.61. The van der Waals surface area contributed by atoms with Crippen LogP contribution in [-0.4, -0.2) is 51.6 Å². The van der Waals surface area contributed by atoms with Gasteiger partial charge in [0.2, 0.25) is 0 Å². The lowest BCUT2D eigenvalue weighted by Gasteiger charge is -2.29. The molecule has 0 radical (unpaired) electrons. The molecular formula is C32H26ClN3O5. The number of hydrogen-bond acceptors (Lipinski definition) is 5. The largest absolute Gasteiger partial charge is 0.478 e. The molecule has 41 heavy (non-hydrogen) atoms. The second-order valence-corrected chi connectivity index (χ2v) is 10.2. The molecule has 0 saturated carbocycles. The van der Waals surface area contributed by atoms with Gasteiger partial charge in [0, 0.05) is 54.5 Å². The Morgan fingerprint density at radius 2 is 1.83 bits per heavy atom. The average molecular weight is 568 g/mol. The molecule has 5 rings (SSSR count). The molecule has 1 atom stereocenters. The van der Waals surface area contributed by atoms with E-state index in [0.717, 1.165) is 0 Å². The van der Waals surface area contributed by atoms with Crippen molar-refractivity contribution >= 4 is 35.2 Å². The van der Waals surface area contributed by atoms with Crippen LogP contribution in [0.1, 0.15) is 47.9 Å². The number of hydrogen-bond donors (Lipinski definition) is 2. The fourth-order valence-electron chi connectivity index (χ4n) is 5.10. The molecule has 1 aromatic heterocycles. The van der Waals surface area contributed by atoms with Gasteiger partial charge >= 0.3 is 5.97 Å². The minimum absolute atomic E-state index is 0.0467. The minimum atomic E-state index is -1.13. The predicted molar refractivity (Wildman–Crippen MR) is 154 cm³/mol. The molecule has 9 heteroatoms. The first-order chi connectivity index (χ1) is 19.7. The summed E-state index contributed by atoms with van der Waals surface area (Å²) in [5, 5.41) is 12.9. The first-order valence-electron chi connectivity index (χ1n) is 13.0. The molecule has 0 spiro atoms. The van der Waals surface area contributed by atoms with Crippen molar-refractivity contribution in [3.63, 3.8) is 0 Å². The van der Waals surface area contributed by atoms with Crippen LogP contribution in [0.4, 0.5) is 0 Å². The number of ketones is 1. The van der Waals surface area contributed by atoms with Crippen LogP contribution >= 0.6 is 11.6 Å². The van der Waals surface area contributed by atoms with Gasteiger partial charge < -0.3 is 15.3 Å². The average Bonchev–Trinajstić information content (AvgIpc) is 3.06. The number of halogens is 1. The summed E-state index contributed by atoms with van der Waals surface area (Å²) in [6.07, 6.45) is 1.91. The number of aromatic carboxylic acids is 1. The maximum atomic E-state index is 14.0. The van der Waals surface area contributed by atoms with Crippen molar-refractivity contribution in [2.75, 3.05) is 7.05 Å². The lowest BCUT2D eigenvalue weighted by molar-refractivity contribution is -0.122. The number of aromatic nitrogens is 1. The Labute approximate surface area is 241 Å². The number of benzene rings is 3. The zero-order chi connectivity index (χ0) is 29.1. The molecular weight excluding hydrogens is 542 g/mol. The number of pyridine rings is 1. The van der Waals surface area contributed by atoms with Crippen molar-refractivity contribution in [1.29, 1.82) is 0 Å². The standard InChI is InChI=1S/C32H26ClN3O5/c1-34-30(38)21-6-4-5-20(14-21)27-13-19(8-10-26(27)32(40)41)18-36-28(17-24-7-2-3-12-35-24)29(37)16-22-15-23(33)9-11-25(22)31(36)39/h2-15,28H,16-18H2,1H3,(H,34,38)(H,40,41)/t28-/m1/s1. The first-order valence-corrected chi connectivity index (χ1v) is 13.3. The normalized spacial score (nSPS) is 14.8. The van der Waals surface area contributed by atoms with E-state index in [1.807, 2.05) is 12.1 Å². The van der Waals surface area contributed by atoms with E-state index >= 15 is 0 Å². The zero-order valence-corrected chi connectivity index (χ0v) is 22.9. The molecule has 0 aliphatic carbocycles. The molecule has 0 saturated heterocycles. The van der Waals surface area contributed by atoms with E-state index in [0.29, 0.717) is 44.1 Å². The Kier molecular flexibility index (Phi) is 7.94. The van der Waals surface area contributed by atoms with Gasteiger partial charge in [0.25, 0.3) is 11.8 Å². The quantitative estimate of drug-likeness (QED) is 0.330. The monoisotopic (exact) mass is 567 g/mol. The maximum Gasteiger partial charge on any atom is 0.336 e. The molecule has 2 N–H and O–H groups in total. The van der Waals surface area contributed by atoms with Crippen LogP contribution in [0.2, 0.25) is 5.02 Å². The molecule has 2 heterocycles. The zero-order valence-electron chi connectivity index (χ0n) is 22.1. The Balaban J connectivity index is 1.58. The van der Waals surface area contributed by atoms with Gasteiger partial charge in [0.15, 0.2) is 5.78 Å².